The number of nitrogens with one attached hydrogen (secondary N) is 1. The first kappa shape index (κ1) is 24.3. The van der Waals surface area contributed by atoms with Crippen LogP contribution in [0.15, 0.2) is 61.1 Å². The summed E-state index contributed by atoms with van der Waals surface area (Å²) in [5.74, 6) is 0.819. The summed E-state index contributed by atoms with van der Waals surface area (Å²) >= 11 is 0. The van der Waals surface area contributed by atoms with E-state index in [2.05, 4.69) is 37.0 Å². The van der Waals surface area contributed by atoms with Gasteiger partial charge in [0.05, 0.1) is 24.0 Å². The van der Waals surface area contributed by atoms with Gasteiger partial charge in [-0.15, -0.1) is 0 Å². The molecule has 2 aromatic heterocycles. The molecule has 188 valence electrons. The van der Waals surface area contributed by atoms with Gasteiger partial charge in [0.1, 0.15) is 6.61 Å². The Balaban J connectivity index is 1.07. The van der Waals surface area contributed by atoms with Crippen molar-refractivity contribution in [2.75, 3.05) is 37.6 Å². The van der Waals surface area contributed by atoms with Crippen molar-refractivity contribution in [2.45, 2.75) is 19.4 Å². The van der Waals surface area contributed by atoms with E-state index in [9.17, 15) is 10.1 Å². The van der Waals surface area contributed by atoms with Crippen LogP contribution in [0.25, 0.3) is 10.9 Å². The maximum absolute atomic E-state index is 11.3. The predicted octanol–water partition coefficient (Wildman–Crippen LogP) is 3.26. The zero-order valence-corrected chi connectivity index (χ0v) is 20.6. The standard InChI is InChI=1S/C28H29N7O2/c29-15-20-6-7-26-25(14-20)23(16-31-26)5-2-8-34-9-11-35(12-10-34)28-32-17-24(18-33-28)37-19-21-3-1-4-22(13-21)27(30)36/h1,3-4,6-7,13-14,16-18,31H,2,5,8-12,19H2,(H2,30,36). The summed E-state index contributed by atoms with van der Waals surface area (Å²) in [7, 11) is 0. The number of aromatic amines is 1. The van der Waals surface area contributed by atoms with Gasteiger partial charge in [-0.2, -0.15) is 5.26 Å². The van der Waals surface area contributed by atoms with Gasteiger partial charge in [-0.05, 0) is 60.8 Å². The fourth-order valence-electron chi connectivity index (χ4n) is 4.65. The number of ether oxygens (including phenoxy) is 1. The number of nitrogens with zero attached hydrogens (tertiary/aromatic N) is 5. The normalized spacial score (nSPS) is 14.0. The van der Waals surface area contributed by atoms with Crippen LogP contribution in [0, 0.1) is 11.3 Å². The Labute approximate surface area is 215 Å². The molecule has 0 spiro atoms. The van der Waals surface area contributed by atoms with Gasteiger partial charge in [0.15, 0.2) is 5.75 Å². The third-order valence-corrected chi connectivity index (χ3v) is 6.70. The van der Waals surface area contributed by atoms with Gasteiger partial charge >= 0.3 is 0 Å². The van der Waals surface area contributed by atoms with Crippen LogP contribution in [0.4, 0.5) is 5.95 Å². The molecular weight excluding hydrogens is 466 g/mol. The van der Waals surface area contributed by atoms with Crippen LogP contribution in [0.1, 0.15) is 33.5 Å². The molecule has 9 heteroatoms. The second-order valence-corrected chi connectivity index (χ2v) is 9.19. The summed E-state index contributed by atoms with van der Waals surface area (Å²) in [4.78, 5) is 28.3. The molecule has 1 aliphatic rings. The Morgan fingerprint density at radius 3 is 2.68 bits per heavy atom. The first-order valence-electron chi connectivity index (χ1n) is 12.4. The van der Waals surface area contributed by atoms with Crippen molar-refractivity contribution in [2.24, 2.45) is 5.73 Å². The van der Waals surface area contributed by atoms with E-state index >= 15 is 0 Å². The highest BCUT2D eigenvalue weighted by Gasteiger charge is 2.19. The van der Waals surface area contributed by atoms with Crippen molar-refractivity contribution in [3.05, 3.63) is 83.3 Å². The van der Waals surface area contributed by atoms with Crippen LogP contribution < -0.4 is 15.4 Å². The number of amides is 1. The van der Waals surface area contributed by atoms with E-state index in [1.165, 1.54) is 5.56 Å². The lowest BCUT2D eigenvalue weighted by atomic mass is 10.1. The van der Waals surface area contributed by atoms with Crippen LogP contribution in [-0.4, -0.2) is 58.5 Å². The highest BCUT2D eigenvalue weighted by atomic mass is 16.5. The molecule has 37 heavy (non-hydrogen) atoms. The molecule has 4 aromatic rings. The van der Waals surface area contributed by atoms with Crippen molar-refractivity contribution in [1.29, 1.82) is 5.26 Å². The van der Waals surface area contributed by atoms with Gasteiger partial charge in [-0.3, -0.25) is 9.69 Å². The lowest BCUT2D eigenvalue weighted by molar-refractivity contribution is 0.1000. The van der Waals surface area contributed by atoms with Crippen molar-refractivity contribution in [3.63, 3.8) is 0 Å². The molecule has 0 unspecified atom stereocenters. The number of benzene rings is 2. The quantitative estimate of drug-likeness (QED) is 0.365. The number of nitrogens with two attached hydrogens (primary N) is 1. The van der Waals surface area contributed by atoms with E-state index in [0.29, 0.717) is 29.4 Å². The van der Waals surface area contributed by atoms with Gasteiger partial charge in [0.2, 0.25) is 11.9 Å². The Hall–Kier alpha value is -4.42. The van der Waals surface area contributed by atoms with Gasteiger partial charge < -0.3 is 20.4 Å². The summed E-state index contributed by atoms with van der Waals surface area (Å²) in [5, 5.41) is 10.3. The molecule has 1 amide bonds. The Morgan fingerprint density at radius 1 is 1.11 bits per heavy atom. The summed E-state index contributed by atoms with van der Waals surface area (Å²) < 4.78 is 5.78. The lowest BCUT2D eigenvalue weighted by Gasteiger charge is -2.34. The molecule has 1 aliphatic heterocycles. The Kier molecular flexibility index (Phi) is 7.28. The van der Waals surface area contributed by atoms with Crippen molar-refractivity contribution in [1.82, 2.24) is 19.9 Å². The average Bonchev–Trinajstić information content (AvgIpc) is 3.35. The Bertz CT molecular complexity index is 1420. The van der Waals surface area contributed by atoms with Crippen LogP contribution in [-0.2, 0) is 13.0 Å². The molecule has 0 aliphatic carbocycles. The van der Waals surface area contributed by atoms with E-state index in [4.69, 9.17) is 10.5 Å². The van der Waals surface area contributed by atoms with E-state index in [-0.39, 0.29) is 0 Å². The van der Waals surface area contributed by atoms with Crippen LogP contribution in [0.3, 0.4) is 0 Å². The minimum absolute atomic E-state index is 0.306. The van der Waals surface area contributed by atoms with Crippen molar-refractivity contribution >= 4 is 22.8 Å². The number of anilines is 1. The second-order valence-electron chi connectivity index (χ2n) is 9.19. The highest BCUT2D eigenvalue weighted by Crippen LogP contribution is 2.21. The molecule has 1 saturated heterocycles. The average molecular weight is 496 g/mol. The minimum Gasteiger partial charge on any atom is -0.486 e. The molecule has 0 radical (unpaired) electrons. The number of nitriles is 1. The summed E-state index contributed by atoms with van der Waals surface area (Å²) in [6.07, 6.45) is 7.48. The number of rotatable bonds is 9. The third-order valence-electron chi connectivity index (χ3n) is 6.70. The zero-order chi connectivity index (χ0) is 25.6. The number of hydrogen-bond donors (Lipinski definition) is 2. The molecule has 9 nitrogen and oxygen atoms in total. The smallest absolute Gasteiger partial charge is 0.248 e. The predicted molar refractivity (Wildman–Crippen MR) is 141 cm³/mol. The molecule has 5 rings (SSSR count). The molecule has 0 saturated carbocycles. The van der Waals surface area contributed by atoms with Crippen molar-refractivity contribution in [3.8, 4) is 11.8 Å². The maximum atomic E-state index is 11.3. The van der Waals surface area contributed by atoms with Crippen molar-refractivity contribution < 1.29 is 9.53 Å². The SMILES string of the molecule is N#Cc1ccc2[nH]cc(CCCN3CCN(c4ncc(OCc5cccc(C(N)=O)c5)cn4)CC3)c2c1. The third kappa shape index (κ3) is 5.88. The summed E-state index contributed by atoms with van der Waals surface area (Å²) in [6, 6.07) is 15.1. The monoisotopic (exact) mass is 495 g/mol. The first-order valence-corrected chi connectivity index (χ1v) is 12.4. The molecule has 0 bridgehead atoms. The number of aromatic nitrogens is 3. The molecule has 3 heterocycles. The topological polar surface area (TPSA) is 124 Å². The number of fused-ring (bicyclic) bond motifs is 1. The zero-order valence-electron chi connectivity index (χ0n) is 20.6. The number of carbonyl (C=O) groups is 1. The van der Waals surface area contributed by atoms with E-state index in [1.54, 1.807) is 30.6 Å². The van der Waals surface area contributed by atoms with E-state index in [0.717, 1.165) is 62.0 Å². The number of carbonyl (C=O) groups excluding carboxylic acids is 1. The molecule has 2 aromatic carbocycles. The number of aryl methyl sites for hydroxylation is 1. The lowest BCUT2D eigenvalue weighted by Crippen LogP contribution is -2.47. The number of hydrogen-bond acceptors (Lipinski definition) is 7. The first-order chi connectivity index (χ1) is 18.1. The van der Waals surface area contributed by atoms with E-state index in [1.807, 2.05) is 24.3 Å². The molecule has 0 atom stereocenters. The number of H-pyrrole nitrogens is 1. The van der Waals surface area contributed by atoms with Gasteiger partial charge in [0.25, 0.3) is 0 Å². The minimum atomic E-state index is -0.459. The van der Waals surface area contributed by atoms with E-state index < -0.39 is 5.91 Å². The van der Waals surface area contributed by atoms with Crippen LogP contribution in [0.5, 0.6) is 5.75 Å². The fraction of sp³-hybridized carbons (Fsp3) is 0.286. The van der Waals surface area contributed by atoms with Crippen LogP contribution >= 0.6 is 0 Å². The van der Waals surface area contributed by atoms with Gasteiger partial charge in [-0.1, -0.05) is 12.1 Å². The number of piperazine rings is 1. The highest BCUT2D eigenvalue weighted by molar-refractivity contribution is 5.92. The summed E-state index contributed by atoms with van der Waals surface area (Å²) in [6.45, 7) is 5.01. The molecule has 3 N–H and O–H groups in total. The largest absolute Gasteiger partial charge is 0.486 e. The summed E-state index contributed by atoms with van der Waals surface area (Å²) in [5.41, 5.74) is 9.69. The molecule has 1 fully saturated rings. The number of primary amides is 1. The van der Waals surface area contributed by atoms with Gasteiger partial charge in [0, 0.05) is 48.8 Å². The Morgan fingerprint density at radius 2 is 1.92 bits per heavy atom. The van der Waals surface area contributed by atoms with Gasteiger partial charge in [-0.25, -0.2) is 9.97 Å². The maximum Gasteiger partial charge on any atom is 0.248 e. The molecular formula is C28H29N7O2. The van der Waals surface area contributed by atoms with Crippen LogP contribution in [0.2, 0.25) is 0 Å². The fourth-order valence-corrected chi connectivity index (χ4v) is 4.65. The second kappa shape index (κ2) is 11.1.